The SMILES string of the molecule is CC(C)C1CN(C(=O)CCn2cccn2)CCCN1Cc1ccc(F)cc1. The van der Waals surface area contributed by atoms with Gasteiger partial charge in [0, 0.05) is 57.6 Å². The van der Waals surface area contributed by atoms with Gasteiger partial charge in [-0.15, -0.1) is 0 Å². The van der Waals surface area contributed by atoms with Gasteiger partial charge in [0.05, 0.1) is 0 Å². The Hall–Kier alpha value is -2.21. The van der Waals surface area contributed by atoms with E-state index in [-0.39, 0.29) is 11.7 Å². The summed E-state index contributed by atoms with van der Waals surface area (Å²) in [7, 11) is 0. The van der Waals surface area contributed by atoms with E-state index in [9.17, 15) is 9.18 Å². The molecule has 0 bridgehead atoms. The molecule has 1 unspecified atom stereocenters. The maximum absolute atomic E-state index is 13.2. The number of carbonyl (C=O) groups excluding carboxylic acids is 1. The molecule has 27 heavy (non-hydrogen) atoms. The van der Waals surface area contributed by atoms with Gasteiger partial charge in [-0.1, -0.05) is 26.0 Å². The third-order valence-electron chi connectivity index (χ3n) is 5.28. The van der Waals surface area contributed by atoms with Crippen molar-refractivity contribution in [1.29, 1.82) is 0 Å². The van der Waals surface area contributed by atoms with Crippen molar-refractivity contribution in [1.82, 2.24) is 19.6 Å². The predicted octanol–water partition coefficient (Wildman–Crippen LogP) is 3.17. The molecule has 146 valence electrons. The first kappa shape index (κ1) is 19.5. The Bertz CT molecular complexity index is 714. The summed E-state index contributed by atoms with van der Waals surface area (Å²) in [6.45, 7) is 8.31. The van der Waals surface area contributed by atoms with Crippen molar-refractivity contribution in [2.75, 3.05) is 19.6 Å². The van der Waals surface area contributed by atoms with E-state index < -0.39 is 0 Å². The fraction of sp³-hybridized carbons (Fsp3) is 0.524. The van der Waals surface area contributed by atoms with Crippen LogP contribution in [-0.4, -0.2) is 51.2 Å². The number of halogens is 1. The van der Waals surface area contributed by atoms with Crippen molar-refractivity contribution >= 4 is 5.91 Å². The van der Waals surface area contributed by atoms with Gasteiger partial charge in [-0.2, -0.15) is 5.10 Å². The van der Waals surface area contributed by atoms with Crippen LogP contribution in [0.3, 0.4) is 0 Å². The van der Waals surface area contributed by atoms with Gasteiger partial charge in [0.25, 0.3) is 0 Å². The highest BCUT2D eigenvalue weighted by Gasteiger charge is 2.29. The average molecular weight is 372 g/mol. The van der Waals surface area contributed by atoms with Crippen LogP contribution in [0.4, 0.5) is 4.39 Å². The van der Waals surface area contributed by atoms with Crippen LogP contribution < -0.4 is 0 Å². The van der Waals surface area contributed by atoms with E-state index >= 15 is 0 Å². The van der Waals surface area contributed by atoms with E-state index in [4.69, 9.17) is 0 Å². The molecule has 2 heterocycles. The summed E-state index contributed by atoms with van der Waals surface area (Å²) in [4.78, 5) is 17.2. The molecule has 1 fully saturated rings. The number of nitrogens with zero attached hydrogens (tertiary/aromatic N) is 4. The predicted molar refractivity (Wildman–Crippen MR) is 103 cm³/mol. The molecule has 0 spiro atoms. The van der Waals surface area contributed by atoms with Crippen LogP contribution in [0.5, 0.6) is 0 Å². The zero-order valence-electron chi connectivity index (χ0n) is 16.2. The summed E-state index contributed by atoms with van der Waals surface area (Å²) >= 11 is 0. The van der Waals surface area contributed by atoms with Crippen molar-refractivity contribution in [2.24, 2.45) is 5.92 Å². The van der Waals surface area contributed by atoms with E-state index in [0.29, 0.717) is 24.9 Å². The molecule has 1 aliphatic heterocycles. The van der Waals surface area contributed by atoms with Crippen LogP contribution in [0, 0.1) is 11.7 Å². The van der Waals surface area contributed by atoms with Gasteiger partial charge in [-0.3, -0.25) is 14.4 Å². The first-order chi connectivity index (χ1) is 13.0. The highest BCUT2D eigenvalue weighted by Crippen LogP contribution is 2.20. The summed E-state index contributed by atoms with van der Waals surface area (Å²) in [6, 6.07) is 8.91. The highest BCUT2D eigenvalue weighted by molar-refractivity contribution is 5.76. The molecule has 1 aromatic carbocycles. The zero-order chi connectivity index (χ0) is 19.2. The molecule has 1 aliphatic rings. The monoisotopic (exact) mass is 372 g/mol. The number of hydrogen-bond acceptors (Lipinski definition) is 3. The third kappa shape index (κ3) is 5.39. The van der Waals surface area contributed by atoms with Crippen LogP contribution in [-0.2, 0) is 17.9 Å². The molecule has 0 radical (unpaired) electrons. The number of aromatic nitrogens is 2. The summed E-state index contributed by atoms with van der Waals surface area (Å²) in [5.74, 6) is 0.425. The molecule has 1 amide bonds. The van der Waals surface area contributed by atoms with Gasteiger partial charge in [-0.05, 0) is 36.1 Å². The molecule has 0 saturated carbocycles. The van der Waals surface area contributed by atoms with Crippen molar-refractivity contribution in [3.8, 4) is 0 Å². The Morgan fingerprint density at radius 2 is 2.04 bits per heavy atom. The van der Waals surface area contributed by atoms with Crippen molar-refractivity contribution in [3.63, 3.8) is 0 Å². The quantitative estimate of drug-likeness (QED) is 0.782. The van der Waals surface area contributed by atoms with Gasteiger partial charge < -0.3 is 4.90 Å². The fourth-order valence-electron chi connectivity index (χ4n) is 3.74. The van der Waals surface area contributed by atoms with Gasteiger partial charge in [0.15, 0.2) is 0 Å². The minimum absolute atomic E-state index is 0.194. The Morgan fingerprint density at radius 1 is 1.26 bits per heavy atom. The first-order valence-electron chi connectivity index (χ1n) is 9.76. The molecule has 0 N–H and O–H groups in total. The normalized spacial score (nSPS) is 18.7. The lowest BCUT2D eigenvalue weighted by Crippen LogP contribution is -2.45. The van der Waals surface area contributed by atoms with Crippen LogP contribution in [0.1, 0.15) is 32.3 Å². The van der Waals surface area contributed by atoms with Crippen molar-refractivity contribution in [3.05, 3.63) is 54.1 Å². The second-order valence-corrected chi connectivity index (χ2v) is 7.62. The van der Waals surface area contributed by atoms with Crippen LogP contribution in [0.15, 0.2) is 42.7 Å². The number of hydrogen-bond donors (Lipinski definition) is 0. The van der Waals surface area contributed by atoms with E-state index in [0.717, 1.165) is 38.2 Å². The number of amides is 1. The number of rotatable bonds is 6. The average Bonchev–Trinajstić information content (AvgIpc) is 3.08. The minimum Gasteiger partial charge on any atom is -0.341 e. The van der Waals surface area contributed by atoms with Gasteiger partial charge in [0.1, 0.15) is 5.82 Å². The molecular formula is C21H29FN4O. The lowest BCUT2D eigenvalue weighted by molar-refractivity contribution is -0.132. The summed E-state index contributed by atoms with van der Waals surface area (Å²) < 4.78 is 15.0. The lowest BCUT2D eigenvalue weighted by Gasteiger charge is -2.34. The first-order valence-corrected chi connectivity index (χ1v) is 9.76. The smallest absolute Gasteiger partial charge is 0.224 e. The van der Waals surface area contributed by atoms with E-state index in [1.165, 1.54) is 12.1 Å². The topological polar surface area (TPSA) is 41.4 Å². The Labute approximate surface area is 160 Å². The largest absolute Gasteiger partial charge is 0.341 e. The second-order valence-electron chi connectivity index (χ2n) is 7.62. The summed E-state index contributed by atoms with van der Waals surface area (Å²) in [5.41, 5.74) is 1.11. The zero-order valence-corrected chi connectivity index (χ0v) is 16.2. The third-order valence-corrected chi connectivity index (χ3v) is 5.28. The Balaban J connectivity index is 1.63. The molecule has 2 aromatic rings. The van der Waals surface area contributed by atoms with Gasteiger partial charge in [-0.25, -0.2) is 4.39 Å². The molecule has 1 atom stereocenters. The second kappa shape index (κ2) is 9.13. The van der Waals surface area contributed by atoms with Gasteiger partial charge >= 0.3 is 0 Å². The molecule has 6 heteroatoms. The van der Waals surface area contributed by atoms with E-state index in [1.807, 2.05) is 29.3 Å². The van der Waals surface area contributed by atoms with Gasteiger partial charge in [0.2, 0.25) is 5.91 Å². The summed E-state index contributed by atoms with van der Waals surface area (Å²) in [5, 5.41) is 4.17. The Morgan fingerprint density at radius 3 is 2.70 bits per heavy atom. The van der Waals surface area contributed by atoms with Crippen LogP contribution >= 0.6 is 0 Å². The number of benzene rings is 1. The van der Waals surface area contributed by atoms with Crippen molar-refractivity contribution < 1.29 is 9.18 Å². The Kier molecular flexibility index (Phi) is 6.61. The lowest BCUT2D eigenvalue weighted by atomic mass is 10.0. The number of carbonyl (C=O) groups is 1. The van der Waals surface area contributed by atoms with Crippen LogP contribution in [0.25, 0.3) is 0 Å². The van der Waals surface area contributed by atoms with Crippen LogP contribution in [0.2, 0.25) is 0 Å². The summed E-state index contributed by atoms with van der Waals surface area (Å²) in [6.07, 6.45) is 5.05. The molecule has 3 rings (SSSR count). The maximum atomic E-state index is 13.2. The standard InChI is InChI=1S/C21H29FN4O/c1-17(2)20-16-25(21(27)9-14-26-13-3-10-23-26)12-4-11-24(20)15-18-5-7-19(22)8-6-18/h3,5-8,10,13,17,20H,4,9,11-12,14-16H2,1-2H3. The molecule has 5 nitrogen and oxygen atoms in total. The highest BCUT2D eigenvalue weighted by atomic mass is 19.1. The molecule has 0 aliphatic carbocycles. The minimum atomic E-state index is -0.205. The number of aryl methyl sites for hydroxylation is 1. The maximum Gasteiger partial charge on any atom is 0.224 e. The molecular weight excluding hydrogens is 343 g/mol. The molecule has 1 saturated heterocycles. The molecule has 1 aromatic heterocycles. The van der Waals surface area contributed by atoms with E-state index in [2.05, 4.69) is 23.8 Å². The van der Waals surface area contributed by atoms with E-state index in [1.54, 1.807) is 10.9 Å². The fourth-order valence-corrected chi connectivity index (χ4v) is 3.74. The van der Waals surface area contributed by atoms with Crippen molar-refractivity contribution in [2.45, 2.75) is 45.8 Å².